The lowest BCUT2D eigenvalue weighted by atomic mass is 10.0. The normalized spacial score (nSPS) is 11.1. The summed E-state index contributed by atoms with van der Waals surface area (Å²) in [4.78, 5) is 24.8. The van der Waals surface area contributed by atoms with E-state index in [1.54, 1.807) is 6.07 Å². The summed E-state index contributed by atoms with van der Waals surface area (Å²) in [6, 6.07) is 15.4. The van der Waals surface area contributed by atoms with Gasteiger partial charge in [-0.2, -0.15) is 0 Å². The zero-order valence-electron chi connectivity index (χ0n) is 13.4. The maximum absolute atomic E-state index is 12.8. The van der Waals surface area contributed by atoms with Crippen molar-refractivity contribution in [2.24, 2.45) is 0 Å². The fraction of sp³-hybridized carbons (Fsp3) is 0.105. The summed E-state index contributed by atoms with van der Waals surface area (Å²) < 4.78 is 0. The lowest BCUT2D eigenvalue weighted by Crippen LogP contribution is -2.14. The van der Waals surface area contributed by atoms with E-state index in [0.717, 1.165) is 33.2 Å². The topological polar surface area (TPSA) is 70.7 Å². The van der Waals surface area contributed by atoms with Crippen LogP contribution in [0.1, 0.15) is 21.6 Å². The number of H-pyrrole nitrogens is 1. The third-order valence-electron chi connectivity index (χ3n) is 3.96. The third kappa shape index (κ3) is 2.50. The minimum Gasteiger partial charge on any atom is -0.324 e. The van der Waals surface area contributed by atoms with Crippen LogP contribution in [0.25, 0.3) is 21.9 Å². The van der Waals surface area contributed by atoms with Crippen LogP contribution in [0.15, 0.2) is 48.5 Å². The molecule has 0 fully saturated rings. The number of aromatic amines is 1. The molecule has 0 unspecified atom stereocenters. The zero-order valence-corrected chi connectivity index (χ0v) is 13.4. The van der Waals surface area contributed by atoms with E-state index in [0.29, 0.717) is 11.5 Å². The summed E-state index contributed by atoms with van der Waals surface area (Å²) in [6.45, 7) is 3.89. The van der Waals surface area contributed by atoms with E-state index >= 15 is 0 Å². The highest BCUT2D eigenvalue weighted by Gasteiger charge is 2.14. The summed E-state index contributed by atoms with van der Waals surface area (Å²) in [7, 11) is 0. The Hall–Kier alpha value is -3.21. The second kappa shape index (κ2) is 5.45. The van der Waals surface area contributed by atoms with E-state index in [4.69, 9.17) is 0 Å². The Morgan fingerprint density at radius 1 is 1.00 bits per heavy atom. The molecule has 0 aliphatic carbocycles. The number of rotatable bonds is 2. The monoisotopic (exact) mass is 316 g/mol. The standard InChI is InChI=1S/C19H16N4O/c1-11-7-8-15-13(9-11)14(10-12(2)20-15)18(24)23-19-21-16-5-3-4-6-17(16)22-19/h3-10H,1-2H3,(H2,21,22,23,24). The molecule has 0 aliphatic heterocycles. The number of nitrogens with zero attached hydrogens (tertiary/aromatic N) is 2. The van der Waals surface area contributed by atoms with Crippen molar-refractivity contribution in [1.82, 2.24) is 15.0 Å². The molecule has 2 aromatic heterocycles. The van der Waals surface area contributed by atoms with E-state index in [-0.39, 0.29) is 5.91 Å². The van der Waals surface area contributed by atoms with Gasteiger partial charge in [0.1, 0.15) is 0 Å². The van der Waals surface area contributed by atoms with Crippen LogP contribution >= 0.6 is 0 Å². The molecule has 0 radical (unpaired) electrons. The Kier molecular flexibility index (Phi) is 3.27. The van der Waals surface area contributed by atoms with Gasteiger partial charge in [0, 0.05) is 11.1 Å². The molecule has 4 rings (SSSR count). The maximum atomic E-state index is 12.8. The number of imidazole rings is 1. The van der Waals surface area contributed by atoms with Crippen molar-refractivity contribution in [3.63, 3.8) is 0 Å². The predicted octanol–water partition coefficient (Wildman–Crippen LogP) is 3.98. The molecule has 2 heterocycles. The van der Waals surface area contributed by atoms with Gasteiger partial charge in [-0.05, 0) is 44.2 Å². The van der Waals surface area contributed by atoms with E-state index in [1.165, 1.54) is 0 Å². The number of hydrogen-bond acceptors (Lipinski definition) is 3. The Balaban J connectivity index is 1.76. The molecule has 0 aliphatic rings. The SMILES string of the molecule is Cc1ccc2nc(C)cc(C(=O)Nc3nc4ccccc4[nH]3)c2c1. The molecule has 0 atom stereocenters. The van der Waals surface area contributed by atoms with Gasteiger partial charge in [-0.25, -0.2) is 4.98 Å². The highest BCUT2D eigenvalue weighted by Crippen LogP contribution is 2.21. The van der Waals surface area contributed by atoms with Gasteiger partial charge in [-0.1, -0.05) is 23.8 Å². The second-order valence-electron chi connectivity index (χ2n) is 5.89. The third-order valence-corrected chi connectivity index (χ3v) is 3.96. The largest absolute Gasteiger partial charge is 0.324 e. The molecule has 0 bridgehead atoms. The van der Waals surface area contributed by atoms with Crippen molar-refractivity contribution in [1.29, 1.82) is 0 Å². The van der Waals surface area contributed by atoms with Crippen molar-refractivity contribution < 1.29 is 4.79 Å². The first-order chi connectivity index (χ1) is 11.6. The van der Waals surface area contributed by atoms with Crippen LogP contribution in [0, 0.1) is 13.8 Å². The highest BCUT2D eigenvalue weighted by atomic mass is 16.1. The highest BCUT2D eigenvalue weighted by molar-refractivity contribution is 6.12. The predicted molar refractivity (Wildman–Crippen MR) is 95.3 cm³/mol. The lowest BCUT2D eigenvalue weighted by Gasteiger charge is -2.08. The number of hydrogen-bond donors (Lipinski definition) is 2. The van der Waals surface area contributed by atoms with Gasteiger partial charge in [0.25, 0.3) is 5.91 Å². The van der Waals surface area contributed by atoms with E-state index < -0.39 is 0 Å². The molecule has 5 heteroatoms. The average molecular weight is 316 g/mol. The number of carbonyl (C=O) groups is 1. The summed E-state index contributed by atoms with van der Waals surface area (Å²) >= 11 is 0. The Bertz CT molecular complexity index is 1050. The van der Waals surface area contributed by atoms with Gasteiger partial charge in [0.05, 0.1) is 22.1 Å². The van der Waals surface area contributed by atoms with Crippen LogP contribution in [0.2, 0.25) is 0 Å². The van der Waals surface area contributed by atoms with Crippen LogP contribution in [-0.2, 0) is 0 Å². The number of aromatic nitrogens is 3. The second-order valence-corrected chi connectivity index (χ2v) is 5.89. The molecular formula is C19H16N4O. The molecule has 118 valence electrons. The Morgan fingerprint density at radius 2 is 1.83 bits per heavy atom. The molecule has 24 heavy (non-hydrogen) atoms. The lowest BCUT2D eigenvalue weighted by molar-refractivity contribution is 0.102. The fourth-order valence-corrected chi connectivity index (χ4v) is 2.85. The van der Waals surface area contributed by atoms with Crippen molar-refractivity contribution >= 4 is 33.8 Å². The van der Waals surface area contributed by atoms with Crippen LogP contribution < -0.4 is 5.32 Å². The van der Waals surface area contributed by atoms with E-state index in [2.05, 4.69) is 20.3 Å². The molecule has 0 spiro atoms. The number of benzene rings is 2. The van der Waals surface area contributed by atoms with Gasteiger partial charge in [0.15, 0.2) is 0 Å². The molecular weight excluding hydrogens is 300 g/mol. The van der Waals surface area contributed by atoms with Gasteiger partial charge >= 0.3 is 0 Å². The molecule has 4 aromatic rings. The molecule has 1 amide bonds. The summed E-state index contributed by atoms with van der Waals surface area (Å²) in [5, 5.41) is 3.69. The van der Waals surface area contributed by atoms with Crippen molar-refractivity contribution in [2.75, 3.05) is 5.32 Å². The molecule has 5 nitrogen and oxygen atoms in total. The van der Waals surface area contributed by atoms with Crippen molar-refractivity contribution in [3.8, 4) is 0 Å². The zero-order chi connectivity index (χ0) is 16.7. The maximum Gasteiger partial charge on any atom is 0.258 e. The summed E-state index contributed by atoms with van der Waals surface area (Å²) in [5.74, 6) is 0.242. The van der Waals surface area contributed by atoms with Gasteiger partial charge in [0.2, 0.25) is 5.95 Å². The quantitative estimate of drug-likeness (QED) is 0.587. The van der Waals surface area contributed by atoms with Crippen LogP contribution in [0.5, 0.6) is 0 Å². The number of amides is 1. The smallest absolute Gasteiger partial charge is 0.258 e. The van der Waals surface area contributed by atoms with Crippen LogP contribution in [0.4, 0.5) is 5.95 Å². The number of para-hydroxylation sites is 2. The van der Waals surface area contributed by atoms with Crippen LogP contribution in [0.3, 0.4) is 0 Å². The van der Waals surface area contributed by atoms with E-state index in [9.17, 15) is 4.79 Å². The van der Waals surface area contributed by atoms with Gasteiger partial charge in [-0.3, -0.25) is 15.1 Å². The number of aryl methyl sites for hydroxylation is 2. The Morgan fingerprint density at radius 3 is 2.67 bits per heavy atom. The molecule has 0 saturated carbocycles. The van der Waals surface area contributed by atoms with Crippen LogP contribution in [-0.4, -0.2) is 20.9 Å². The van der Waals surface area contributed by atoms with Gasteiger partial charge in [-0.15, -0.1) is 0 Å². The Labute approximate surface area is 138 Å². The number of fused-ring (bicyclic) bond motifs is 2. The fourth-order valence-electron chi connectivity index (χ4n) is 2.85. The molecule has 2 N–H and O–H groups in total. The minimum atomic E-state index is -0.199. The van der Waals surface area contributed by atoms with Gasteiger partial charge < -0.3 is 4.98 Å². The first-order valence-electron chi connectivity index (χ1n) is 7.74. The summed E-state index contributed by atoms with van der Waals surface area (Å²) in [5.41, 5.74) is 5.02. The van der Waals surface area contributed by atoms with E-state index in [1.807, 2.05) is 56.3 Å². The van der Waals surface area contributed by atoms with Crippen molar-refractivity contribution in [3.05, 3.63) is 65.4 Å². The molecule has 2 aromatic carbocycles. The average Bonchev–Trinajstić information content (AvgIpc) is 2.96. The first-order valence-corrected chi connectivity index (χ1v) is 7.74. The summed E-state index contributed by atoms with van der Waals surface area (Å²) in [6.07, 6.45) is 0. The number of anilines is 1. The number of pyridine rings is 1. The molecule has 0 saturated heterocycles. The van der Waals surface area contributed by atoms with Crippen molar-refractivity contribution in [2.45, 2.75) is 13.8 Å². The minimum absolute atomic E-state index is 0.199. The number of carbonyl (C=O) groups excluding carboxylic acids is 1. The number of nitrogens with one attached hydrogen (secondary N) is 2. The first kappa shape index (κ1) is 14.4.